The molecule has 0 amide bonds. The summed E-state index contributed by atoms with van der Waals surface area (Å²) in [6.45, 7) is 2.04. The van der Waals surface area contributed by atoms with Gasteiger partial charge < -0.3 is 9.47 Å². The minimum atomic E-state index is -0.0172. The van der Waals surface area contributed by atoms with Gasteiger partial charge in [0.05, 0.1) is 31.9 Å². The van der Waals surface area contributed by atoms with Gasteiger partial charge in [0.1, 0.15) is 11.5 Å². The lowest BCUT2D eigenvalue weighted by molar-refractivity contribution is 0.0987. The SMILES string of the molecule is CCc1cc(CC(=O)c2cc(OC)ccc2OC)n(C)n1. The lowest BCUT2D eigenvalue weighted by Gasteiger charge is -2.09. The van der Waals surface area contributed by atoms with Gasteiger partial charge >= 0.3 is 0 Å². The van der Waals surface area contributed by atoms with Gasteiger partial charge in [-0.2, -0.15) is 5.10 Å². The Labute approximate surface area is 124 Å². The number of hydrogen-bond acceptors (Lipinski definition) is 4. The zero-order valence-corrected chi connectivity index (χ0v) is 12.8. The molecular formula is C16H20N2O3. The van der Waals surface area contributed by atoms with E-state index in [9.17, 15) is 4.79 Å². The maximum absolute atomic E-state index is 12.5. The molecule has 2 aromatic rings. The van der Waals surface area contributed by atoms with Crippen molar-refractivity contribution < 1.29 is 14.3 Å². The Bertz CT molecular complexity index is 647. The van der Waals surface area contributed by atoms with Crippen LogP contribution >= 0.6 is 0 Å². The Morgan fingerprint density at radius 1 is 1.24 bits per heavy atom. The molecule has 112 valence electrons. The highest BCUT2D eigenvalue weighted by molar-refractivity contribution is 6.00. The van der Waals surface area contributed by atoms with Crippen LogP contribution in [0.2, 0.25) is 0 Å². The van der Waals surface area contributed by atoms with E-state index in [4.69, 9.17) is 9.47 Å². The second kappa shape index (κ2) is 6.43. The number of carbonyl (C=O) groups is 1. The summed E-state index contributed by atoms with van der Waals surface area (Å²) in [5, 5.41) is 4.36. The van der Waals surface area contributed by atoms with Gasteiger partial charge in [-0.05, 0) is 30.7 Å². The molecular weight excluding hydrogens is 268 g/mol. The maximum Gasteiger partial charge on any atom is 0.172 e. The number of ether oxygens (including phenoxy) is 2. The number of methoxy groups -OCH3 is 2. The van der Waals surface area contributed by atoms with Crippen molar-refractivity contribution in [2.24, 2.45) is 7.05 Å². The zero-order valence-electron chi connectivity index (χ0n) is 12.8. The number of hydrogen-bond donors (Lipinski definition) is 0. The van der Waals surface area contributed by atoms with Gasteiger partial charge in [-0.15, -0.1) is 0 Å². The number of carbonyl (C=O) groups excluding carboxylic acids is 1. The average Bonchev–Trinajstić information content (AvgIpc) is 2.86. The number of nitrogens with zero attached hydrogens (tertiary/aromatic N) is 2. The van der Waals surface area contributed by atoms with E-state index in [1.807, 2.05) is 20.0 Å². The van der Waals surface area contributed by atoms with Crippen molar-refractivity contribution in [1.29, 1.82) is 0 Å². The number of Topliss-reactive ketones (excluding diaryl/α,β-unsaturated/α-hetero) is 1. The van der Waals surface area contributed by atoms with Crippen molar-refractivity contribution in [3.8, 4) is 11.5 Å². The first-order chi connectivity index (χ1) is 10.1. The van der Waals surface area contributed by atoms with Gasteiger partial charge in [-0.3, -0.25) is 9.48 Å². The smallest absolute Gasteiger partial charge is 0.172 e. The molecule has 0 fully saturated rings. The normalized spacial score (nSPS) is 10.5. The molecule has 2 rings (SSSR count). The summed E-state index contributed by atoms with van der Waals surface area (Å²) in [5.41, 5.74) is 2.40. The number of rotatable bonds is 6. The lowest BCUT2D eigenvalue weighted by atomic mass is 10.0. The fourth-order valence-corrected chi connectivity index (χ4v) is 2.20. The second-order valence-electron chi connectivity index (χ2n) is 4.77. The molecule has 0 saturated heterocycles. The van der Waals surface area contributed by atoms with E-state index in [1.54, 1.807) is 37.1 Å². The van der Waals surface area contributed by atoms with Crippen LogP contribution in [0.1, 0.15) is 28.7 Å². The number of benzene rings is 1. The molecule has 5 heteroatoms. The monoisotopic (exact) mass is 288 g/mol. The Balaban J connectivity index is 2.28. The molecule has 1 aromatic carbocycles. The summed E-state index contributed by atoms with van der Waals surface area (Å²) in [6.07, 6.45) is 1.14. The lowest BCUT2D eigenvalue weighted by Crippen LogP contribution is -2.09. The van der Waals surface area contributed by atoms with E-state index in [-0.39, 0.29) is 12.2 Å². The van der Waals surface area contributed by atoms with Crippen molar-refractivity contribution in [3.63, 3.8) is 0 Å². The second-order valence-corrected chi connectivity index (χ2v) is 4.77. The van der Waals surface area contributed by atoms with E-state index in [2.05, 4.69) is 5.10 Å². The summed E-state index contributed by atoms with van der Waals surface area (Å²) in [6, 6.07) is 7.18. The summed E-state index contributed by atoms with van der Waals surface area (Å²) in [7, 11) is 4.98. The molecule has 0 saturated carbocycles. The van der Waals surface area contributed by atoms with Gasteiger partial charge in [-0.25, -0.2) is 0 Å². The van der Waals surface area contributed by atoms with Crippen LogP contribution < -0.4 is 9.47 Å². The molecule has 21 heavy (non-hydrogen) atoms. The fourth-order valence-electron chi connectivity index (χ4n) is 2.20. The molecule has 1 heterocycles. The van der Waals surface area contributed by atoms with E-state index in [1.165, 1.54) is 0 Å². The van der Waals surface area contributed by atoms with Crippen LogP contribution in [0.5, 0.6) is 11.5 Å². The standard InChI is InChI=1S/C16H20N2O3/c1-5-11-8-12(18(2)17-11)9-15(19)14-10-13(20-3)6-7-16(14)21-4/h6-8,10H,5,9H2,1-4H3. The highest BCUT2D eigenvalue weighted by Crippen LogP contribution is 2.25. The number of aromatic nitrogens is 2. The predicted octanol–water partition coefficient (Wildman–Crippen LogP) is 2.43. The van der Waals surface area contributed by atoms with Crippen LogP contribution in [0.3, 0.4) is 0 Å². The first-order valence-corrected chi connectivity index (χ1v) is 6.86. The zero-order chi connectivity index (χ0) is 15.4. The topological polar surface area (TPSA) is 53.4 Å². The molecule has 0 aliphatic heterocycles. The molecule has 0 bridgehead atoms. The van der Waals surface area contributed by atoms with E-state index < -0.39 is 0 Å². The molecule has 5 nitrogen and oxygen atoms in total. The quantitative estimate of drug-likeness (QED) is 0.766. The Kier molecular flexibility index (Phi) is 4.62. The van der Waals surface area contributed by atoms with Crippen molar-refractivity contribution in [2.75, 3.05) is 14.2 Å². The number of ketones is 1. The van der Waals surface area contributed by atoms with E-state index in [0.29, 0.717) is 17.1 Å². The largest absolute Gasteiger partial charge is 0.497 e. The van der Waals surface area contributed by atoms with Crippen LogP contribution in [0.4, 0.5) is 0 Å². The van der Waals surface area contributed by atoms with Gasteiger partial charge in [0, 0.05) is 12.7 Å². The van der Waals surface area contributed by atoms with Crippen molar-refractivity contribution in [1.82, 2.24) is 9.78 Å². The van der Waals surface area contributed by atoms with Crippen LogP contribution in [0, 0.1) is 0 Å². The summed E-state index contributed by atoms with van der Waals surface area (Å²) in [4.78, 5) is 12.5. The summed E-state index contributed by atoms with van der Waals surface area (Å²) < 4.78 is 12.2. The van der Waals surface area contributed by atoms with Gasteiger partial charge in [0.25, 0.3) is 0 Å². The molecule has 0 atom stereocenters. The summed E-state index contributed by atoms with van der Waals surface area (Å²) >= 11 is 0. The van der Waals surface area contributed by atoms with Gasteiger partial charge in [0.15, 0.2) is 5.78 Å². The molecule has 0 radical (unpaired) electrons. The highest BCUT2D eigenvalue weighted by atomic mass is 16.5. The molecule has 0 N–H and O–H groups in total. The first kappa shape index (κ1) is 15.1. The van der Waals surface area contributed by atoms with E-state index in [0.717, 1.165) is 17.8 Å². The Morgan fingerprint density at radius 2 is 2.00 bits per heavy atom. The van der Waals surface area contributed by atoms with Crippen LogP contribution in [-0.4, -0.2) is 29.8 Å². The molecule has 0 aliphatic rings. The van der Waals surface area contributed by atoms with Crippen LogP contribution in [0.15, 0.2) is 24.3 Å². The molecule has 0 aliphatic carbocycles. The highest BCUT2D eigenvalue weighted by Gasteiger charge is 2.16. The minimum Gasteiger partial charge on any atom is -0.497 e. The van der Waals surface area contributed by atoms with Gasteiger partial charge in [0.2, 0.25) is 0 Å². The average molecular weight is 288 g/mol. The summed E-state index contributed by atoms with van der Waals surface area (Å²) in [5.74, 6) is 1.17. The third kappa shape index (κ3) is 3.24. The minimum absolute atomic E-state index is 0.0172. The van der Waals surface area contributed by atoms with E-state index >= 15 is 0 Å². The molecule has 0 spiro atoms. The maximum atomic E-state index is 12.5. The Hall–Kier alpha value is -2.30. The van der Waals surface area contributed by atoms with Gasteiger partial charge in [-0.1, -0.05) is 6.92 Å². The number of aryl methyl sites for hydroxylation is 2. The van der Waals surface area contributed by atoms with Crippen LogP contribution in [0.25, 0.3) is 0 Å². The van der Waals surface area contributed by atoms with Crippen molar-refractivity contribution in [2.45, 2.75) is 19.8 Å². The van der Waals surface area contributed by atoms with Crippen molar-refractivity contribution >= 4 is 5.78 Å². The van der Waals surface area contributed by atoms with Crippen LogP contribution in [-0.2, 0) is 19.9 Å². The third-order valence-corrected chi connectivity index (χ3v) is 3.44. The third-order valence-electron chi connectivity index (χ3n) is 3.44. The Morgan fingerprint density at radius 3 is 2.57 bits per heavy atom. The first-order valence-electron chi connectivity index (χ1n) is 6.86. The fraction of sp³-hybridized carbons (Fsp3) is 0.375. The predicted molar refractivity (Wildman–Crippen MR) is 80.2 cm³/mol. The molecule has 0 unspecified atom stereocenters. The van der Waals surface area contributed by atoms with Crippen molar-refractivity contribution in [3.05, 3.63) is 41.2 Å². The molecule has 1 aromatic heterocycles.